The fourth-order valence-electron chi connectivity index (χ4n) is 2.31. The molecular formula is C16H24N4. The Kier molecular flexibility index (Phi) is 5.32. The van der Waals surface area contributed by atoms with Crippen molar-refractivity contribution in [3.63, 3.8) is 0 Å². The predicted octanol–water partition coefficient (Wildman–Crippen LogP) is 1.81. The first-order valence-corrected chi connectivity index (χ1v) is 7.06. The highest BCUT2D eigenvalue weighted by Gasteiger charge is 2.03. The van der Waals surface area contributed by atoms with Crippen molar-refractivity contribution in [3.05, 3.63) is 53.3 Å². The van der Waals surface area contributed by atoms with Crippen LogP contribution >= 0.6 is 0 Å². The molecule has 2 aromatic rings. The Hall–Kier alpha value is -1.65. The van der Waals surface area contributed by atoms with Gasteiger partial charge in [0.15, 0.2) is 0 Å². The molecule has 1 aromatic carbocycles. The summed E-state index contributed by atoms with van der Waals surface area (Å²) >= 11 is 0. The maximum atomic E-state index is 4.20. The van der Waals surface area contributed by atoms with E-state index in [1.165, 1.54) is 16.7 Å². The van der Waals surface area contributed by atoms with Crippen LogP contribution in [0, 0.1) is 0 Å². The predicted molar refractivity (Wildman–Crippen MR) is 82.5 cm³/mol. The number of nitrogens with one attached hydrogen (secondary N) is 1. The number of nitrogens with zero attached hydrogens (tertiary/aromatic N) is 3. The summed E-state index contributed by atoms with van der Waals surface area (Å²) in [6, 6.07) is 8.91. The number of aryl methyl sites for hydroxylation is 1. The third-order valence-electron chi connectivity index (χ3n) is 3.35. The monoisotopic (exact) mass is 272 g/mol. The van der Waals surface area contributed by atoms with Crippen LogP contribution < -0.4 is 5.32 Å². The number of hydrogen-bond acceptors (Lipinski definition) is 3. The van der Waals surface area contributed by atoms with Gasteiger partial charge in [-0.25, -0.2) is 0 Å². The van der Waals surface area contributed by atoms with Crippen molar-refractivity contribution in [1.82, 2.24) is 20.0 Å². The second-order valence-corrected chi connectivity index (χ2v) is 5.36. The SMILES string of the molecule is CNCCc1ccc(CN(C)Cc2cnn(C)c2)cc1. The molecule has 2 rings (SSSR count). The minimum atomic E-state index is 0.926. The lowest BCUT2D eigenvalue weighted by Gasteiger charge is -2.16. The van der Waals surface area contributed by atoms with Gasteiger partial charge in [0.1, 0.15) is 0 Å². The summed E-state index contributed by atoms with van der Waals surface area (Å²) in [5, 5.41) is 7.38. The number of benzene rings is 1. The second-order valence-electron chi connectivity index (χ2n) is 5.36. The number of hydrogen-bond donors (Lipinski definition) is 1. The molecule has 1 aromatic heterocycles. The van der Waals surface area contributed by atoms with E-state index in [1.807, 2.05) is 25.0 Å². The van der Waals surface area contributed by atoms with Gasteiger partial charge in [0.2, 0.25) is 0 Å². The molecule has 0 unspecified atom stereocenters. The van der Waals surface area contributed by atoms with Crippen LogP contribution in [0.1, 0.15) is 16.7 Å². The van der Waals surface area contributed by atoms with Gasteiger partial charge in [-0.1, -0.05) is 24.3 Å². The fourth-order valence-corrected chi connectivity index (χ4v) is 2.31. The maximum Gasteiger partial charge on any atom is 0.0534 e. The van der Waals surface area contributed by atoms with E-state index in [-0.39, 0.29) is 0 Å². The molecule has 0 aliphatic rings. The summed E-state index contributed by atoms with van der Waals surface area (Å²) in [4.78, 5) is 2.31. The van der Waals surface area contributed by atoms with Crippen LogP contribution in [0.2, 0.25) is 0 Å². The van der Waals surface area contributed by atoms with Gasteiger partial charge in [-0.05, 0) is 38.2 Å². The van der Waals surface area contributed by atoms with Gasteiger partial charge < -0.3 is 5.32 Å². The first-order chi connectivity index (χ1) is 9.67. The van der Waals surface area contributed by atoms with Gasteiger partial charge in [0.05, 0.1) is 6.20 Å². The van der Waals surface area contributed by atoms with E-state index >= 15 is 0 Å². The van der Waals surface area contributed by atoms with Gasteiger partial charge in [0, 0.05) is 31.9 Å². The van der Waals surface area contributed by atoms with Crippen molar-refractivity contribution in [2.24, 2.45) is 7.05 Å². The standard InChI is InChI=1S/C16H24N4/c1-17-9-8-14-4-6-15(7-5-14)11-19(2)12-16-10-18-20(3)13-16/h4-7,10,13,17H,8-9,11-12H2,1-3H3. The second kappa shape index (κ2) is 7.22. The lowest BCUT2D eigenvalue weighted by molar-refractivity contribution is 0.319. The van der Waals surface area contributed by atoms with E-state index in [9.17, 15) is 0 Å². The molecule has 20 heavy (non-hydrogen) atoms. The van der Waals surface area contributed by atoms with Crippen molar-refractivity contribution >= 4 is 0 Å². The summed E-state index contributed by atoms with van der Waals surface area (Å²) in [7, 11) is 6.08. The van der Waals surface area contributed by atoms with Crippen molar-refractivity contribution in [2.75, 3.05) is 20.6 Å². The summed E-state index contributed by atoms with van der Waals surface area (Å²) in [6.45, 7) is 2.91. The Balaban J connectivity index is 1.85. The van der Waals surface area contributed by atoms with Crippen molar-refractivity contribution in [3.8, 4) is 0 Å². The zero-order valence-electron chi connectivity index (χ0n) is 12.6. The van der Waals surface area contributed by atoms with Gasteiger partial charge in [-0.15, -0.1) is 0 Å². The molecule has 1 N–H and O–H groups in total. The topological polar surface area (TPSA) is 33.1 Å². The third kappa shape index (κ3) is 4.47. The normalized spacial score (nSPS) is 11.2. The van der Waals surface area contributed by atoms with E-state index in [1.54, 1.807) is 0 Å². The van der Waals surface area contributed by atoms with Gasteiger partial charge in [0.25, 0.3) is 0 Å². The van der Waals surface area contributed by atoms with Crippen molar-refractivity contribution in [2.45, 2.75) is 19.5 Å². The van der Waals surface area contributed by atoms with Crippen LogP contribution in [0.15, 0.2) is 36.7 Å². The Labute approximate surface area is 121 Å². The van der Waals surface area contributed by atoms with Crippen molar-refractivity contribution in [1.29, 1.82) is 0 Å². The Morgan fingerprint density at radius 1 is 1.10 bits per heavy atom. The molecule has 1 heterocycles. The van der Waals surface area contributed by atoms with E-state index < -0.39 is 0 Å². The number of rotatable bonds is 7. The van der Waals surface area contributed by atoms with E-state index in [2.05, 4.69) is 52.8 Å². The Bertz CT molecular complexity index is 516. The molecule has 0 atom stereocenters. The number of likely N-dealkylation sites (N-methyl/N-ethyl adjacent to an activating group) is 1. The molecule has 0 saturated carbocycles. The highest BCUT2D eigenvalue weighted by molar-refractivity contribution is 5.22. The minimum absolute atomic E-state index is 0.926. The first kappa shape index (κ1) is 14.8. The summed E-state index contributed by atoms with van der Waals surface area (Å²) < 4.78 is 1.85. The molecule has 0 aliphatic carbocycles. The highest BCUT2D eigenvalue weighted by atomic mass is 15.2. The van der Waals surface area contributed by atoms with E-state index in [4.69, 9.17) is 0 Å². The summed E-state index contributed by atoms with van der Waals surface area (Å²) in [5.41, 5.74) is 3.99. The van der Waals surface area contributed by atoms with Crippen LogP contribution in [-0.2, 0) is 26.6 Å². The fraction of sp³-hybridized carbons (Fsp3) is 0.438. The molecule has 108 valence electrons. The van der Waals surface area contributed by atoms with Crippen LogP contribution in [0.5, 0.6) is 0 Å². The molecule has 4 nitrogen and oxygen atoms in total. The van der Waals surface area contributed by atoms with E-state index in [0.29, 0.717) is 0 Å². The van der Waals surface area contributed by atoms with Crippen LogP contribution in [0.3, 0.4) is 0 Å². The average molecular weight is 272 g/mol. The van der Waals surface area contributed by atoms with Gasteiger partial charge in [-0.3, -0.25) is 9.58 Å². The Morgan fingerprint density at radius 2 is 1.75 bits per heavy atom. The zero-order chi connectivity index (χ0) is 14.4. The van der Waals surface area contributed by atoms with Gasteiger partial charge in [-0.2, -0.15) is 5.10 Å². The highest BCUT2D eigenvalue weighted by Crippen LogP contribution is 2.09. The summed E-state index contributed by atoms with van der Waals surface area (Å²) in [5.74, 6) is 0. The number of aromatic nitrogens is 2. The molecule has 0 spiro atoms. The van der Waals surface area contributed by atoms with Crippen LogP contribution in [-0.4, -0.2) is 35.3 Å². The smallest absolute Gasteiger partial charge is 0.0534 e. The van der Waals surface area contributed by atoms with Crippen molar-refractivity contribution < 1.29 is 0 Å². The maximum absolute atomic E-state index is 4.20. The average Bonchev–Trinajstić information content (AvgIpc) is 2.83. The molecule has 0 amide bonds. The van der Waals surface area contributed by atoms with Crippen LogP contribution in [0.25, 0.3) is 0 Å². The molecule has 4 heteroatoms. The van der Waals surface area contributed by atoms with E-state index in [0.717, 1.165) is 26.1 Å². The molecular weight excluding hydrogens is 248 g/mol. The molecule has 0 fully saturated rings. The third-order valence-corrected chi connectivity index (χ3v) is 3.35. The minimum Gasteiger partial charge on any atom is -0.319 e. The zero-order valence-corrected chi connectivity index (χ0v) is 12.6. The molecule has 0 saturated heterocycles. The lowest BCUT2D eigenvalue weighted by atomic mass is 10.1. The summed E-state index contributed by atoms with van der Waals surface area (Å²) in [6.07, 6.45) is 5.08. The van der Waals surface area contributed by atoms with Gasteiger partial charge >= 0.3 is 0 Å². The lowest BCUT2D eigenvalue weighted by Crippen LogP contribution is -2.17. The quantitative estimate of drug-likeness (QED) is 0.834. The first-order valence-electron chi connectivity index (χ1n) is 7.06. The Morgan fingerprint density at radius 3 is 2.35 bits per heavy atom. The largest absolute Gasteiger partial charge is 0.319 e. The molecule has 0 aliphatic heterocycles. The molecule has 0 bridgehead atoms. The van der Waals surface area contributed by atoms with Crippen LogP contribution in [0.4, 0.5) is 0 Å². The molecule has 0 radical (unpaired) electrons.